The maximum atomic E-state index is 14.8. The van der Waals surface area contributed by atoms with Crippen molar-refractivity contribution in [2.75, 3.05) is 31.6 Å². The summed E-state index contributed by atoms with van der Waals surface area (Å²) in [6.45, 7) is 5.47. The van der Waals surface area contributed by atoms with Crippen molar-refractivity contribution in [1.82, 2.24) is 35.0 Å². The highest BCUT2D eigenvalue weighted by Gasteiger charge is 2.17. The lowest BCUT2D eigenvalue weighted by molar-refractivity contribution is -0.116. The van der Waals surface area contributed by atoms with Crippen LogP contribution in [0.15, 0.2) is 67.3 Å². The fraction of sp³-hybridized carbons (Fsp3) is 0.265. The number of nitrogens with zero attached hydrogens (tertiary/aromatic N) is 5. The Kier molecular flexibility index (Phi) is 7.91. The van der Waals surface area contributed by atoms with Crippen LogP contribution < -0.4 is 10.1 Å². The Balaban J connectivity index is 1.19. The topological polar surface area (TPSA) is 125 Å². The number of fused-ring (bicyclic) bond motifs is 2. The van der Waals surface area contributed by atoms with E-state index < -0.39 is 0 Å². The van der Waals surface area contributed by atoms with Gasteiger partial charge in [-0.25, -0.2) is 9.37 Å². The molecule has 6 aromatic rings. The standard InChI is InChI=1S/C34H33FN8O2/c1-2-5-31(44)39-25-13-22(18-36-20-25)23-15-28-33(41-42-34(28)38-19-23)30-17-27-29(40-30)6-7-37-32(27)21-12-24(35)16-26(14-21)45-11-10-43-8-3-4-9-43/h6-7,12-20,40H,2-5,8-11H2,1H3,(H,39,44)(H,38,41,42). The summed E-state index contributed by atoms with van der Waals surface area (Å²) in [6.07, 6.45) is 10.5. The highest BCUT2D eigenvalue weighted by molar-refractivity contribution is 6.00. The van der Waals surface area contributed by atoms with Gasteiger partial charge in [-0.05, 0) is 68.8 Å². The number of H-pyrrole nitrogens is 2. The molecular formula is C34H33FN8O2. The van der Waals surface area contributed by atoms with Gasteiger partial charge in [0.1, 0.15) is 18.2 Å². The van der Waals surface area contributed by atoms with Gasteiger partial charge in [-0.1, -0.05) is 6.92 Å². The second kappa shape index (κ2) is 12.4. The van der Waals surface area contributed by atoms with Crippen molar-refractivity contribution >= 4 is 33.5 Å². The molecule has 1 saturated heterocycles. The van der Waals surface area contributed by atoms with Crippen molar-refractivity contribution in [1.29, 1.82) is 0 Å². The molecule has 10 nitrogen and oxygen atoms in total. The van der Waals surface area contributed by atoms with Gasteiger partial charge < -0.3 is 15.0 Å². The number of aromatic nitrogens is 6. The number of halogens is 1. The largest absolute Gasteiger partial charge is 0.492 e. The van der Waals surface area contributed by atoms with Gasteiger partial charge >= 0.3 is 0 Å². The quantitative estimate of drug-likeness (QED) is 0.161. The van der Waals surface area contributed by atoms with Crippen LogP contribution in [0.3, 0.4) is 0 Å². The molecule has 1 fully saturated rings. The molecule has 1 amide bonds. The molecule has 0 aliphatic carbocycles. The first-order chi connectivity index (χ1) is 22.0. The number of pyridine rings is 3. The number of benzene rings is 1. The molecule has 0 saturated carbocycles. The number of aromatic amines is 2. The Hall–Kier alpha value is -5.16. The van der Waals surface area contributed by atoms with Crippen LogP contribution in [0.1, 0.15) is 32.6 Å². The predicted octanol–water partition coefficient (Wildman–Crippen LogP) is 6.58. The van der Waals surface area contributed by atoms with Gasteiger partial charge in [-0.3, -0.25) is 24.8 Å². The molecule has 0 radical (unpaired) electrons. The van der Waals surface area contributed by atoms with Crippen LogP contribution >= 0.6 is 0 Å². The van der Waals surface area contributed by atoms with E-state index in [1.54, 1.807) is 24.8 Å². The molecular weight excluding hydrogens is 571 g/mol. The monoisotopic (exact) mass is 604 g/mol. The highest BCUT2D eigenvalue weighted by atomic mass is 19.1. The Labute approximate surface area is 259 Å². The minimum absolute atomic E-state index is 0.0469. The third kappa shape index (κ3) is 6.12. The van der Waals surface area contributed by atoms with Crippen molar-refractivity contribution in [2.45, 2.75) is 32.6 Å². The Morgan fingerprint density at radius 3 is 2.73 bits per heavy atom. The maximum Gasteiger partial charge on any atom is 0.224 e. The second-order valence-electron chi connectivity index (χ2n) is 11.3. The molecule has 0 atom stereocenters. The molecule has 0 spiro atoms. The molecule has 11 heteroatoms. The lowest BCUT2D eigenvalue weighted by atomic mass is 10.1. The highest BCUT2D eigenvalue weighted by Crippen LogP contribution is 2.35. The number of hydrogen-bond acceptors (Lipinski definition) is 7. The number of ether oxygens (including phenoxy) is 1. The van der Waals surface area contributed by atoms with Crippen LogP contribution in [0.4, 0.5) is 10.1 Å². The van der Waals surface area contributed by atoms with Crippen LogP contribution in [-0.2, 0) is 4.79 Å². The summed E-state index contributed by atoms with van der Waals surface area (Å²) in [7, 11) is 0. The van der Waals surface area contributed by atoms with E-state index in [0.29, 0.717) is 41.4 Å². The van der Waals surface area contributed by atoms with E-state index in [1.807, 2.05) is 37.3 Å². The summed E-state index contributed by atoms with van der Waals surface area (Å²) in [5.74, 6) is 0.0645. The molecule has 0 bridgehead atoms. The summed E-state index contributed by atoms with van der Waals surface area (Å²) in [6, 6.07) is 12.5. The summed E-state index contributed by atoms with van der Waals surface area (Å²) >= 11 is 0. The van der Waals surface area contributed by atoms with Crippen LogP contribution in [0.2, 0.25) is 0 Å². The number of rotatable bonds is 10. The van der Waals surface area contributed by atoms with E-state index in [9.17, 15) is 9.18 Å². The molecule has 1 aromatic carbocycles. The van der Waals surface area contributed by atoms with Crippen LogP contribution in [0, 0.1) is 5.82 Å². The number of nitrogens with one attached hydrogen (secondary N) is 3. The molecule has 5 aromatic heterocycles. The maximum absolute atomic E-state index is 14.8. The molecule has 0 unspecified atom stereocenters. The zero-order valence-electron chi connectivity index (χ0n) is 24.9. The van der Waals surface area contributed by atoms with E-state index in [0.717, 1.165) is 64.9 Å². The number of carbonyl (C=O) groups excluding carboxylic acids is 1. The van der Waals surface area contributed by atoms with E-state index in [-0.39, 0.29) is 11.7 Å². The number of hydrogen-bond donors (Lipinski definition) is 3. The van der Waals surface area contributed by atoms with Crippen molar-refractivity contribution in [3.05, 3.63) is 73.1 Å². The van der Waals surface area contributed by atoms with Crippen molar-refractivity contribution in [3.63, 3.8) is 0 Å². The molecule has 3 N–H and O–H groups in total. The minimum Gasteiger partial charge on any atom is -0.492 e. The third-order valence-corrected chi connectivity index (χ3v) is 8.08. The van der Waals surface area contributed by atoms with Gasteiger partial charge in [0.25, 0.3) is 0 Å². The fourth-order valence-electron chi connectivity index (χ4n) is 5.88. The number of carbonyl (C=O) groups is 1. The minimum atomic E-state index is -0.375. The Morgan fingerprint density at radius 2 is 1.87 bits per heavy atom. The van der Waals surface area contributed by atoms with Gasteiger partial charge in [-0.15, -0.1) is 0 Å². The second-order valence-corrected chi connectivity index (χ2v) is 11.3. The predicted molar refractivity (Wildman–Crippen MR) is 172 cm³/mol. The summed E-state index contributed by atoms with van der Waals surface area (Å²) in [4.78, 5) is 31.5. The van der Waals surface area contributed by atoms with Crippen LogP contribution in [0.25, 0.3) is 55.7 Å². The first-order valence-corrected chi connectivity index (χ1v) is 15.3. The number of amides is 1. The molecule has 1 aliphatic rings. The molecule has 6 heterocycles. The van der Waals surface area contributed by atoms with Gasteiger partial charge in [0.05, 0.1) is 29.0 Å². The molecule has 228 valence electrons. The lowest BCUT2D eigenvalue weighted by Crippen LogP contribution is -2.25. The zero-order chi connectivity index (χ0) is 30.8. The lowest BCUT2D eigenvalue weighted by Gasteiger charge is -2.15. The van der Waals surface area contributed by atoms with Gasteiger partial charge in [-0.2, -0.15) is 5.10 Å². The van der Waals surface area contributed by atoms with Crippen molar-refractivity contribution in [3.8, 4) is 39.5 Å². The van der Waals surface area contributed by atoms with Gasteiger partial charge in [0.2, 0.25) is 5.91 Å². The average molecular weight is 605 g/mol. The molecule has 45 heavy (non-hydrogen) atoms. The van der Waals surface area contributed by atoms with Crippen LogP contribution in [0.5, 0.6) is 5.75 Å². The first-order valence-electron chi connectivity index (χ1n) is 15.3. The van der Waals surface area contributed by atoms with Gasteiger partial charge in [0, 0.05) is 70.6 Å². The van der Waals surface area contributed by atoms with Gasteiger partial charge in [0.15, 0.2) is 5.65 Å². The van der Waals surface area contributed by atoms with E-state index in [2.05, 4.69) is 40.3 Å². The third-order valence-electron chi connectivity index (χ3n) is 8.08. The van der Waals surface area contributed by atoms with E-state index in [4.69, 9.17) is 4.74 Å². The Morgan fingerprint density at radius 1 is 1.00 bits per heavy atom. The zero-order valence-corrected chi connectivity index (χ0v) is 24.9. The fourth-order valence-corrected chi connectivity index (χ4v) is 5.88. The first kappa shape index (κ1) is 28.6. The Bertz CT molecular complexity index is 2000. The van der Waals surface area contributed by atoms with Crippen molar-refractivity contribution < 1.29 is 13.9 Å². The summed E-state index contributed by atoms with van der Waals surface area (Å²) in [5.41, 5.74) is 6.53. The van der Waals surface area contributed by atoms with E-state index in [1.165, 1.54) is 25.0 Å². The number of anilines is 1. The molecule has 1 aliphatic heterocycles. The van der Waals surface area contributed by atoms with Crippen LogP contribution in [-0.4, -0.2) is 67.2 Å². The number of likely N-dealkylation sites (tertiary alicyclic amines) is 1. The normalized spacial score (nSPS) is 13.6. The van der Waals surface area contributed by atoms with E-state index >= 15 is 0 Å². The molecule has 7 rings (SSSR count). The SMILES string of the molecule is CCCC(=O)Nc1cncc(-c2cnc3n[nH]c(-c4cc5c(-c6cc(F)cc(OCCN7CCCC7)c6)nccc5[nH]4)c3c2)c1. The summed E-state index contributed by atoms with van der Waals surface area (Å²) < 4.78 is 20.7. The van der Waals surface area contributed by atoms with Crippen molar-refractivity contribution in [2.24, 2.45) is 0 Å². The average Bonchev–Trinajstić information content (AvgIpc) is 3.80. The summed E-state index contributed by atoms with van der Waals surface area (Å²) in [5, 5.41) is 12.1. The smallest absolute Gasteiger partial charge is 0.224 e.